The molecule has 1 aromatic rings. The van der Waals surface area contributed by atoms with Crippen LogP contribution < -0.4 is 5.73 Å². The van der Waals surface area contributed by atoms with Gasteiger partial charge in [0.15, 0.2) is 0 Å². The largest absolute Gasteiger partial charge is 0.369 e. The number of amides is 1. The zero-order chi connectivity index (χ0) is 12.4. The van der Waals surface area contributed by atoms with Crippen molar-refractivity contribution in [2.24, 2.45) is 11.7 Å². The molecule has 92 valence electrons. The Hall–Kier alpha value is -0.940. The fourth-order valence-electron chi connectivity index (χ4n) is 2.34. The van der Waals surface area contributed by atoms with Crippen LogP contribution in [0.5, 0.6) is 0 Å². The van der Waals surface area contributed by atoms with Crippen LogP contribution in [0, 0.1) is 5.92 Å². The molecule has 0 bridgehead atoms. The molecule has 4 nitrogen and oxygen atoms in total. The van der Waals surface area contributed by atoms with E-state index >= 15 is 0 Å². The monoisotopic (exact) mass is 297 g/mol. The van der Waals surface area contributed by atoms with Crippen LogP contribution in [0.3, 0.4) is 0 Å². The number of primary amides is 1. The third-order valence-electron chi connectivity index (χ3n) is 3.38. The molecule has 2 atom stereocenters. The molecule has 2 rings (SSSR count). The minimum Gasteiger partial charge on any atom is -0.369 e. The lowest BCUT2D eigenvalue weighted by atomic mass is 9.87. The van der Waals surface area contributed by atoms with Gasteiger partial charge in [-0.15, -0.1) is 0 Å². The zero-order valence-corrected chi connectivity index (χ0v) is 11.4. The van der Waals surface area contributed by atoms with Crippen molar-refractivity contribution in [3.05, 3.63) is 28.5 Å². The van der Waals surface area contributed by atoms with E-state index in [9.17, 15) is 4.79 Å². The number of carbonyl (C=O) groups excluding carboxylic acids is 1. The van der Waals surface area contributed by atoms with Crippen LogP contribution in [0.15, 0.2) is 22.9 Å². The standard InChI is InChI=1S/C12H16BrN3O/c1-16-3-2-8(12(14)17)5-11(16)9-4-10(13)7-15-6-9/h4,6-8,11H,2-3,5H2,1H3,(H2,14,17). The fraction of sp³-hybridized carbons (Fsp3) is 0.500. The second-order valence-electron chi connectivity index (χ2n) is 4.56. The fourth-order valence-corrected chi connectivity index (χ4v) is 2.72. The molecule has 2 unspecified atom stereocenters. The van der Waals surface area contributed by atoms with Gasteiger partial charge >= 0.3 is 0 Å². The van der Waals surface area contributed by atoms with Crippen molar-refractivity contribution in [2.75, 3.05) is 13.6 Å². The smallest absolute Gasteiger partial charge is 0.220 e. The van der Waals surface area contributed by atoms with Gasteiger partial charge in [0.25, 0.3) is 0 Å². The van der Waals surface area contributed by atoms with Crippen molar-refractivity contribution < 1.29 is 4.79 Å². The highest BCUT2D eigenvalue weighted by molar-refractivity contribution is 9.10. The molecule has 0 aromatic carbocycles. The number of pyridine rings is 1. The number of nitrogens with zero attached hydrogens (tertiary/aromatic N) is 2. The summed E-state index contributed by atoms with van der Waals surface area (Å²) in [7, 11) is 2.07. The highest BCUT2D eigenvalue weighted by atomic mass is 79.9. The van der Waals surface area contributed by atoms with Gasteiger partial charge in [-0.2, -0.15) is 0 Å². The Labute approximate surface area is 109 Å². The van der Waals surface area contributed by atoms with E-state index in [4.69, 9.17) is 5.73 Å². The SMILES string of the molecule is CN1CCC(C(N)=O)CC1c1cncc(Br)c1. The van der Waals surface area contributed by atoms with Crippen LogP contribution in [0.2, 0.25) is 0 Å². The number of carbonyl (C=O) groups is 1. The lowest BCUT2D eigenvalue weighted by molar-refractivity contribution is -0.123. The van der Waals surface area contributed by atoms with E-state index in [0.717, 1.165) is 29.4 Å². The molecule has 0 radical (unpaired) electrons. The number of hydrogen-bond donors (Lipinski definition) is 1. The van der Waals surface area contributed by atoms with Crippen LogP contribution in [-0.2, 0) is 4.79 Å². The third kappa shape index (κ3) is 2.84. The van der Waals surface area contributed by atoms with Crippen molar-refractivity contribution in [1.82, 2.24) is 9.88 Å². The second-order valence-corrected chi connectivity index (χ2v) is 5.47. The first-order chi connectivity index (χ1) is 8.08. The van der Waals surface area contributed by atoms with Crippen LogP contribution in [-0.4, -0.2) is 29.4 Å². The molecule has 1 aliphatic heterocycles. The van der Waals surface area contributed by atoms with Gasteiger partial charge in [0.2, 0.25) is 5.91 Å². The number of nitrogens with two attached hydrogens (primary N) is 1. The van der Waals surface area contributed by atoms with E-state index in [0.29, 0.717) is 0 Å². The van der Waals surface area contributed by atoms with Gasteiger partial charge in [-0.25, -0.2) is 0 Å². The minimum atomic E-state index is -0.189. The molecular weight excluding hydrogens is 282 g/mol. The molecule has 1 fully saturated rings. The lowest BCUT2D eigenvalue weighted by Crippen LogP contribution is -2.38. The molecular formula is C12H16BrN3O. The molecule has 0 saturated carbocycles. The van der Waals surface area contributed by atoms with Gasteiger partial charge in [-0.05, 0) is 54.0 Å². The van der Waals surface area contributed by atoms with Crippen LogP contribution in [0.25, 0.3) is 0 Å². The van der Waals surface area contributed by atoms with E-state index in [1.54, 1.807) is 6.20 Å². The summed E-state index contributed by atoms with van der Waals surface area (Å²) < 4.78 is 0.963. The average Bonchev–Trinajstić information content (AvgIpc) is 2.29. The first-order valence-electron chi connectivity index (χ1n) is 5.68. The highest BCUT2D eigenvalue weighted by Gasteiger charge is 2.30. The average molecular weight is 298 g/mol. The molecule has 1 amide bonds. The zero-order valence-electron chi connectivity index (χ0n) is 9.77. The quantitative estimate of drug-likeness (QED) is 0.904. The summed E-state index contributed by atoms with van der Waals surface area (Å²) >= 11 is 3.42. The molecule has 2 N–H and O–H groups in total. The van der Waals surface area contributed by atoms with Gasteiger partial charge in [0.05, 0.1) is 0 Å². The molecule has 17 heavy (non-hydrogen) atoms. The van der Waals surface area contributed by atoms with Crippen molar-refractivity contribution in [1.29, 1.82) is 0 Å². The molecule has 5 heteroatoms. The van der Waals surface area contributed by atoms with Crippen molar-refractivity contribution in [2.45, 2.75) is 18.9 Å². The molecule has 0 aliphatic carbocycles. The number of rotatable bonds is 2. The van der Waals surface area contributed by atoms with E-state index < -0.39 is 0 Å². The predicted molar refractivity (Wildman–Crippen MR) is 69.2 cm³/mol. The molecule has 1 saturated heterocycles. The number of halogens is 1. The Morgan fingerprint density at radius 2 is 2.35 bits per heavy atom. The van der Waals surface area contributed by atoms with Gasteiger partial charge < -0.3 is 5.73 Å². The summed E-state index contributed by atoms with van der Waals surface area (Å²) in [6.07, 6.45) is 5.25. The summed E-state index contributed by atoms with van der Waals surface area (Å²) in [6.45, 7) is 0.894. The molecule has 1 aromatic heterocycles. The van der Waals surface area contributed by atoms with Gasteiger partial charge in [-0.3, -0.25) is 14.7 Å². The lowest BCUT2D eigenvalue weighted by Gasteiger charge is -2.36. The van der Waals surface area contributed by atoms with E-state index in [2.05, 4.69) is 38.9 Å². The van der Waals surface area contributed by atoms with Gasteiger partial charge in [-0.1, -0.05) is 0 Å². The molecule has 2 heterocycles. The maximum absolute atomic E-state index is 11.3. The normalized spacial score (nSPS) is 25.8. The van der Waals surface area contributed by atoms with Crippen LogP contribution >= 0.6 is 15.9 Å². The Kier molecular flexibility index (Phi) is 3.79. The van der Waals surface area contributed by atoms with E-state index in [1.807, 2.05) is 6.20 Å². The maximum atomic E-state index is 11.3. The van der Waals surface area contributed by atoms with Crippen molar-refractivity contribution in [3.63, 3.8) is 0 Å². The summed E-state index contributed by atoms with van der Waals surface area (Å²) in [6, 6.07) is 2.28. The predicted octanol–water partition coefficient (Wildman–Crippen LogP) is 1.71. The molecule has 0 spiro atoms. The number of aromatic nitrogens is 1. The Morgan fingerprint density at radius 3 is 3.00 bits per heavy atom. The maximum Gasteiger partial charge on any atom is 0.220 e. The summed E-state index contributed by atoms with van der Waals surface area (Å²) in [5.41, 5.74) is 6.53. The van der Waals surface area contributed by atoms with Crippen LogP contribution in [0.4, 0.5) is 0 Å². The summed E-state index contributed by atoms with van der Waals surface area (Å²) in [5.74, 6) is -0.207. The van der Waals surface area contributed by atoms with Crippen LogP contribution in [0.1, 0.15) is 24.4 Å². The van der Waals surface area contributed by atoms with Crippen molar-refractivity contribution in [3.8, 4) is 0 Å². The number of likely N-dealkylation sites (tertiary alicyclic amines) is 1. The minimum absolute atomic E-state index is 0.0184. The number of hydrogen-bond acceptors (Lipinski definition) is 3. The second kappa shape index (κ2) is 5.14. The first-order valence-corrected chi connectivity index (χ1v) is 6.47. The Morgan fingerprint density at radius 1 is 1.59 bits per heavy atom. The summed E-state index contributed by atoms with van der Waals surface area (Å²) in [4.78, 5) is 17.7. The molecule has 1 aliphatic rings. The third-order valence-corrected chi connectivity index (χ3v) is 3.82. The van der Waals surface area contributed by atoms with Gasteiger partial charge in [0.1, 0.15) is 0 Å². The Bertz CT molecular complexity index is 424. The van der Waals surface area contributed by atoms with Gasteiger partial charge in [0, 0.05) is 28.8 Å². The van der Waals surface area contributed by atoms with E-state index in [-0.39, 0.29) is 17.9 Å². The first kappa shape index (κ1) is 12.5. The van der Waals surface area contributed by atoms with E-state index in [1.165, 1.54) is 0 Å². The number of piperidine rings is 1. The highest BCUT2D eigenvalue weighted by Crippen LogP contribution is 2.33. The Balaban J connectivity index is 2.20. The van der Waals surface area contributed by atoms with Crippen molar-refractivity contribution >= 4 is 21.8 Å². The summed E-state index contributed by atoms with van der Waals surface area (Å²) in [5, 5.41) is 0. The topological polar surface area (TPSA) is 59.2 Å².